The smallest absolute Gasteiger partial charge is 0.276 e. The zero-order valence-corrected chi connectivity index (χ0v) is 15.9. The molecule has 1 amide bonds. The van der Waals surface area contributed by atoms with Gasteiger partial charge in [-0.1, -0.05) is 0 Å². The fraction of sp³-hybridized carbons (Fsp3) is 0.143. The summed E-state index contributed by atoms with van der Waals surface area (Å²) in [5.41, 5.74) is 3.35. The fourth-order valence-electron chi connectivity index (χ4n) is 2.49. The molecule has 0 aliphatic rings. The van der Waals surface area contributed by atoms with Gasteiger partial charge in [-0.05, 0) is 67.6 Å². The third-order valence-electron chi connectivity index (χ3n) is 4.10. The second-order valence-electron chi connectivity index (χ2n) is 6.46. The third kappa shape index (κ3) is 4.70. The molecule has 0 radical (unpaired) electrons. The summed E-state index contributed by atoms with van der Waals surface area (Å²) in [5.74, 6) is 0.146. The topological polar surface area (TPSA) is 87.2 Å². The van der Waals surface area contributed by atoms with Crippen LogP contribution in [0.15, 0.2) is 60.7 Å². The van der Waals surface area contributed by atoms with Crippen LogP contribution in [0.4, 0.5) is 22.9 Å². The quantitative estimate of drug-likeness (QED) is 0.638. The van der Waals surface area contributed by atoms with Crippen LogP contribution in [0, 0.1) is 0 Å². The van der Waals surface area contributed by atoms with Crippen molar-refractivity contribution in [2.45, 2.75) is 6.92 Å². The summed E-state index contributed by atoms with van der Waals surface area (Å²) in [7, 11) is 3.96. The van der Waals surface area contributed by atoms with E-state index in [1.807, 2.05) is 43.3 Å². The number of carbonyl (C=O) groups excluding carboxylic acids is 2. The van der Waals surface area contributed by atoms with Crippen LogP contribution in [0.3, 0.4) is 0 Å². The first-order chi connectivity index (χ1) is 13.4. The summed E-state index contributed by atoms with van der Waals surface area (Å²) in [6.07, 6.45) is 0. The lowest BCUT2D eigenvalue weighted by atomic mass is 10.1. The molecular weight excluding hydrogens is 354 g/mol. The summed E-state index contributed by atoms with van der Waals surface area (Å²) >= 11 is 0. The molecule has 1 heterocycles. The molecule has 0 aliphatic carbocycles. The Hall–Kier alpha value is -3.74. The zero-order valence-electron chi connectivity index (χ0n) is 15.9. The molecule has 0 atom stereocenters. The molecule has 0 saturated carbocycles. The summed E-state index contributed by atoms with van der Waals surface area (Å²) < 4.78 is 0. The van der Waals surface area contributed by atoms with E-state index in [1.165, 1.54) is 6.92 Å². The Balaban J connectivity index is 1.63. The van der Waals surface area contributed by atoms with E-state index < -0.39 is 0 Å². The maximum absolute atomic E-state index is 12.3. The van der Waals surface area contributed by atoms with Crippen LogP contribution in [0.1, 0.15) is 27.8 Å². The van der Waals surface area contributed by atoms with Gasteiger partial charge in [0.2, 0.25) is 0 Å². The van der Waals surface area contributed by atoms with Gasteiger partial charge >= 0.3 is 0 Å². The first-order valence-electron chi connectivity index (χ1n) is 8.73. The van der Waals surface area contributed by atoms with Gasteiger partial charge in [-0.15, -0.1) is 10.2 Å². The van der Waals surface area contributed by atoms with Crippen molar-refractivity contribution >= 4 is 34.6 Å². The van der Waals surface area contributed by atoms with Crippen molar-refractivity contribution in [1.82, 2.24) is 10.2 Å². The second-order valence-corrected chi connectivity index (χ2v) is 6.46. The highest BCUT2D eigenvalue weighted by atomic mass is 16.2. The second kappa shape index (κ2) is 8.30. The minimum Gasteiger partial charge on any atom is -0.378 e. The predicted octanol–water partition coefficient (Wildman–Crippen LogP) is 3.74. The molecule has 0 aliphatic heterocycles. The van der Waals surface area contributed by atoms with E-state index in [4.69, 9.17) is 0 Å². The molecule has 28 heavy (non-hydrogen) atoms. The molecule has 3 rings (SSSR count). The van der Waals surface area contributed by atoms with E-state index in [0.717, 1.165) is 11.4 Å². The first-order valence-corrected chi connectivity index (χ1v) is 8.73. The largest absolute Gasteiger partial charge is 0.378 e. The van der Waals surface area contributed by atoms with Gasteiger partial charge in [0.1, 0.15) is 0 Å². The van der Waals surface area contributed by atoms with Crippen LogP contribution >= 0.6 is 0 Å². The normalized spacial score (nSPS) is 10.2. The molecule has 1 aromatic heterocycles. The van der Waals surface area contributed by atoms with Crippen molar-refractivity contribution in [1.29, 1.82) is 0 Å². The van der Waals surface area contributed by atoms with E-state index in [2.05, 4.69) is 20.8 Å². The summed E-state index contributed by atoms with van der Waals surface area (Å²) in [6.45, 7) is 1.50. The van der Waals surface area contributed by atoms with Crippen LogP contribution in [0.2, 0.25) is 0 Å². The molecule has 7 heteroatoms. The number of amides is 1. The Labute approximate surface area is 163 Å². The molecule has 2 aromatic carbocycles. The van der Waals surface area contributed by atoms with Crippen LogP contribution in [-0.4, -0.2) is 36.0 Å². The average molecular weight is 375 g/mol. The number of nitrogens with zero attached hydrogens (tertiary/aromatic N) is 3. The maximum atomic E-state index is 12.3. The Kier molecular flexibility index (Phi) is 5.64. The Morgan fingerprint density at radius 1 is 0.821 bits per heavy atom. The third-order valence-corrected chi connectivity index (χ3v) is 4.10. The number of hydrogen-bond donors (Lipinski definition) is 2. The maximum Gasteiger partial charge on any atom is 0.276 e. The van der Waals surface area contributed by atoms with Gasteiger partial charge in [0.25, 0.3) is 5.91 Å². The van der Waals surface area contributed by atoms with Crippen LogP contribution in [0.5, 0.6) is 0 Å². The van der Waals surface area contributed by atoms with E-state index in [-0.39, 0.29) is 17.4 Å². The molecule has 0 bridgehead atoms. The van der Waals surface area contributed by atoms with Gasteiger partial charge in [-0.2, -0.15) is 0 Å². The number of anilines is 4. The van der Waals surface area contributed by atoms with Crippen molar-refractivity contribution in [2.75, 3.05) is 29.6 Å². The highest BCUT2D eigenvalue weighted by Crippen LogP contribution is 2.19. The highest BCUT2D eigenvalue weighted by Gasteiger charge is 2.09. The number of carbonyl (C=O) groups is 2. The van der Waals surface area contributed by atoms with Crippen molar-refractivity contribution in [3.8, 4) is 0 Å². The van der Waals surface area contributed by atoms with Gasteiger partial charge in [0.15, 0.2) is 17.3 Å². The van der Waals surface area contributed by atoms with Crippen molar-refractivity contribution < 1.29 is 9.59 Å². The minimum atomic E-state index is -0.370. The van der Waals surface area contributed by atoms with Crippen molar-refractivity contribution in [3.63, 3.8) is 0 Å². The molecule has 2 N–H and O–H groups in total. The molecule has 0 fully saturated rings. The standard InChI is InChI=1S/C21H21N5O2/c1-14(27)15-4-6-17(7-5-15)23-21(28)19-12-13-20(25-24-19)22-16-8-10-18(11-9-16)26(2)3/h4-13H,1-3H3,(H,22,25)(H,23,28). The summed E-state index contributed by atoms with van der Waals surface area (Å²) in [5, 5.41) is 13.9. The lowest BCUT2D eigenvalue weighted by Gasteiger charge is -2.13. The molecule has 7 nitrogen and oxygen atoms in total. The Morgan fingerprint density at radius 2 is 1.46 bits per heavy atom. The number of Topliss-reactive ketones (excluding diaryl/α,β-unsaturated/α-hetero) is 1. The Morgan fingerprint density at radius 3 is 2.00 bits per heavy atom. The van der Waals surface area contributed by atoms with E-state index in [9.17, 15) is 9.59 Å². The molecule has 142 valence electrons. The molecule has 0 spiro atoms. The fourth-order valence-corrected chi connectivity index (χ4v) is 2.49. The lowest BCUT2D eigenvalue weighted by molar-refractivity contribution is 0.101. The van der Waals surface area contributed by atoms with Crippen LogP contribution in [0.25, 0.3) is 0 Å². The zero-order chi connectivity index (χ0) is 20.1. The number of aromatic nitrogens is 2. The van der Waals surface area contributed by atoms with Crippen LogP contribution < -0.4 is 15.5 Å². The van der Waals surface area contributed by atoms with Gasteiger partial charge < -0.3 is 15.5 Å². The molecule has 3 aromatic rings. The van der Waals surface area contributed by atoms with Gasteiger partial charge in [-0.3, -0.25) is 9.59 Å². The molecule has 0 unspecified atom stereocenters. The number of hydrogen-bond acceptors (Lipinski definition) is 6. The first kappa shape index (κ1) is 19.0. The number of ketones is 1. The van der Waals surface area contributed by atoms with Gasteiger partial charge in [-0.25, -0.2) is 0 Å². The highest BCUT2D eigenvalue weighted by molar-refractivity contribution is 6.03. The predicted molar refractivity (Wildman–Crippen MR) is 110 cm³/mol. The van der Waals surface area contributed by atoms with Gasteiger partial charge in [0, 0.05) is 36.7 Å². The monoisotopic (exact) mass is 375 g/mol. The van der Waals surface area contributed by atoms with Crippen molar-refractivity contribution in [2.24, 2.45) is 0 Å². The SMILES string of the molecule is CC(=O)c1ccc(NC(=O)c2ccc(Nc3ccc(N(C)C)cc3)nn2)cc1. The lowest BCUT2D eigenvalue weighted by Crippen LogP contribution is -2.14. The van der Waals surface area contributed by atoms with E-state index >= 15 is 0 Å². The number of rotatable bonds is 6. The van der Waals surface area contributed by atoms with Crippen molar-refractivity contribution in [3.05, 3.63) is 71.9 Å². The molecule has 0 saturated heterocycles. The number of nitrogens with one attached hydrogen (secondary N) is 2. The van der Waals surface area contributed by atoms with E-state index in [0.29, 0.717) is 17.1 Å². The summed E-state index contributed by atoms with van der Waals surface area (Å²) in [6, 6.07) is 17.9. The van der Waals surface area contributed by atoms with Crippen LogP contribution in [-0.2, 0) is 0 Å². The van der Waals surface area contributed by atoms with E-state index in [1.54, 1.807) is 36.4 Å². The van der Waals surface area contributed by atoms with Gasteiger partial charge in [0.05, 0.1) is 0 Å². The average Bonchev–Trinajstić information content (AvgIpc) is 2.69. The number of benzene rings is 2. The summed E-state index contributed by atoms with van der Waals surface area (Å²) in [4.78, 5) is 25.6. The minimum absolute atomic E-state index is 0.0248. The Bertz CT molecular complexity index is 965. The molecular formula is C21H21N5O2.